The molecule has 3 heteroatoms. The van der Waals surface area contributed by atoms with Crippen molar-refractivity contribution >= 4 is 0 Å². The minimum atomic E-state index is -0.100. The molecular formula is C18H22FNO. The molecule has 0 aliphatic heterocycles. The van der Waals surface area contributed by atoms with Crippen molar-refractivity contribution in [3.05, 3.63) is 64.5 Å². The second kappa shape index (κ2) is 7.23. The summed E-state index contributed by atoms with van der Waals surface area (Å²) in [7, 11) is 1.67. The summed E-state index contributed by atoms with van der Waals surface area (Å²) in [6, 6.07) is 11.9. The first kappa shape index (κ1) is 15.5. The van der Waals surface area contributed by atoms with Crippen LogP contribution in [0, 0.1) is 19.7 Å². The Labute approximate surface area is 126 Å². The highest BCUT2D eigenvalue weighted by Gasteiger charge is 2.04. The van der Waals surface area contributed by atoms with E-state index < -0.39 is 0 Å². The molecule has 1 N–H and O–H groups in total. The van der Waals surface area contributed by atoms with Crippen LogP contribution in [-0.2, 0) is 13.0 Å². The van der Waals surface area contributed by atoms with Crippen LogP contribution in [0.4, 0.5) is 4.39 Å². The van der Waals surface area contributed by atoms with Gasteiger partial charge in [0.15, 0.2) is 0 Å². The summed E-state index contributed by atoms with van der Waals surface area (Å²) in [4.78, 5) is 0. The molecule has 0 bridgehead atoms. The maximum absolute atomic E-state index is 13.6. The number of rotatable bonds is 6. The van der Waals surface area contributed by atoms with E-state index in [0.717, 1.165) is 30.8 Å². The van der Waals surface area contributed by atoms with E-state index in [2.05, 4.69) is 17.4 Å². The monoisotopic (exact) mass is 287 g/mol. The van der Waals surface area contributed by atoms with Gasteiger partial charge in [0.2, 0.25) is 0 Å². The van der Waals surface area contributed by atoms with Crippen LogP contribution in [0.3, 0.4) is 0 Å². The van der Waals surface area contributed by atoms with E-state index in [-0.39, 0.29) is 5.82 Å². The van der Waals surface area contributed by atoms with Crippen LogP contribution in [0.5, 0.6) is 5.75 Å². The molecule has 0 amide bonds. The van der Waals surface area contributed by atoms with E-state index in [0.29, 0.717) is 11.1 Å². The molecule has 2 rings (SSSR count). The Morgan fingerprint density at radius 3 is 2.19 bits per heavy atom. The highest BCUT2D eigenvalue weighted by molar-refractivity contribution is 5.30. The van der Waals surface area contributed by atoms with Crippen LogP contribution in [0.15, 0.2) is 36.4 Å². The van der Waals surface area contributed by atoms with E-state index in [1.54, 1.807) is 7.11 Å². The van der Waals surface area contributed by atoms with Gasteiger partial charge in [0, 0.05) is 6.54 Å². The predicted molar refractivity (Wildman–Crippen MR) is 84.3 cm³/mol. The van der Waals surface area contributed by atoms with Gasteiger partial charge in [0.25, 0.3) is 0 Å². The summed E-state index contributed by atoms with van der Waals surface area (Å²) in [5.41, 5.74) is 3.82. The Morgan fingerprint density at radius 1 is 1.00 bits per heavy atom. The van der Waals surface area contributed by atoms with Crippen molar-refractivity contribution in [1.82, 2.24) is 5.32 Å². The fourth-order valence-corrected chi connectivity index (χ4v) is 2.40. The van der Waals surface area contributed by atoms with Crippen LogP contribution in [0.1, 0.15) is 22.3 Å². The highest BCUT2D eigenvalue weighted by Crippen LogP contribution is 2.15. The van der Waals surface area contributed by atoms with Gasteiger partial charge in [-0.3, -0.25) is 0 Å². The molecular weight excluding hydrogens is 265 g/mol. The Balaban J connectivity index is 1.81. The van der Waals surface area contributed by atoms with E-state index >= 15 is 0 Å². The average Bonchev–Trinajstić information content (AvgIpc) is 2.49. The maximum atomic E-state index is 13.6. The first-order valence-electron chi connectivity index (χ1n) is 7.19. The fraction of sp³-hybridized carbons (Fsp3) is 0.333. The number of nitrogens with one attached hydrogen (secondary N) is 1. The largest absolute Gasteiger partial charge is 0.497 e. The second-order valence-corrected chi connectivity index (χ2v) is 5.32. The Morgan fingerprint density at radius 2 is 1.62 bits per heavy atom. The van der Waals surface area contributed by atoms with Crippen molar-refractivity contribution in [2.45, 2.75) is 26.8 Å². The minimum Gasteiger partial charge on any atom is -0.497 e. The first-order valence-corrected chi connectivity index (χ1v) is 7.19. The Bertz CT molecular complexity index is 570. The van der Waals surface area contributed by atoms with Crippen LogP contribution in [-0.4, -0.2) is 13.7 Å². The lowest BCUT2D eigenvalue weighted by atomic mass is 10.1. The second-order valence-electron chi connectivity index (χ2n) is 5.32. The minimum absolute atomic E-state index is 0.100. The molecule has 2 nitrogen and oxygen atoms in total. The number of aryl methyl sites for hydroxylation is 2. The molecule has 2 aromatic carbocycles. The summed E-state index contributed by atoms with van der Waals surface area (Å²) in [5.74, 6) is 0.779. The SMILES string of the molecule is COc1ccc(CCNCc2cc(C)c(F)c(C)c2)cc1. The maximum Gasteiger partial charge on any atom is 0.129 e. The van der Waals surface area contributed by atoms with E-state index in [9.17, 15) is 4.39 Å². The first-order chi connectivity index (χ1) is 10.1. The number of halogens is 1. The zero-order chi connectivity index (χ0) is 15.2. The molecule has 0 spiro atoms. The van der Waals surface area contributed by atoms with Gasteiger partial charge in [-0.2, -0.15) is 0 Å². The zero-order valence-electron chi connectivity index (χ0n) is 12.9. The number of hydrogen-bond donors (Lipinski definition) is 1. The van der Waals surface area contributed by atoms with Gasteiger partial charge >= 0.3 is 0 Å². The molecule has 0 heterocycles. The quantitative estimate of drug-likeness (QED) is 0.816. The molecule has 21 heavy (non-hydrogen) atoms. The van der Waals surface area contributed by atoms with Gasteiger partial charge in [0.05, 0.1) is 7.11 Å². The molecule has 0 saturated carbocycles. The zero-order valence-corrected chi connectivity index (χ0v) is 12.9. The Kier molecular flexibility index (Phi) is 5.34. The summed E-state index contributed by atoms with van der Waals surface area (Å²) in [5, 5.41) is 3.40. The van der Waals surface area contributed by atoms with E-state index in [1.807, 2.05) is 38.1 Å². The van der Waals surface area contributed by atoms with Gasteiger partial charge in [-0.15, -0.1) is 0 Å². The van der Waals surface area contributed by atoms with Crippen molar-refractivity contribution in [1.29, 1.82) is 0 Å². The average molecular weight is 287 g/mol. The van der Waals surface area contributed by atoms with Gasteiger partial charge in [-0.05, 0) is 61.2 Å². The van der Waals surface area contributed by atoms with Crippen molar-refractivity contribution in [3.8, 4) is 5.75 Å². The Hall–Kier alpha value is -1.87. The molecule has 0 radical (unpaired) electrons. The molecule has 0 unspecified atom stereocenters. The number of benzene rings is 2. The van der Waals surface area contributed by atoms with Crippen molar-refractivity contribution in [3.63, 3.8) is 0 Å². The number of ether oxygens (including phenoxy) is 1. The van der Waals surface area contributed by atoms with Crippen molar-refractivity contribution < 1.29 is 9.13 Å². The number of methoxy groups -OCH3 is 1. The smallest absolute Gasteiger partial charge is 0.129 e. The summed E-state index contributed by atoms with van der Waals surface area (Å²) >= 11 is 0. The molecule has 0 aliphatic rings. The lowest BCUT2D eigenvalue weighted by molar-refractivity contribution is 0.414. The van der Waals surface area contributed by atoms with Crippen LogP contribution in [0.25, 0.3) is 0 Å². The molecule has 0 fully saturated rings. The molecule has 0 aromatic heterocycles. The summed E-state index contributed by atoms with van der Waals surface area (Å²) < 4.78 is 18.7. The third kappa shape index (κ3) is 4.30. The molecule has 112 valence electrons. The topological polar surface area (TPSA) is 21.3 Å². The van der Waals surface area contributed by atoms with Crippen molar-refractivity contribution in [2.24, 2.45) is 0 Å². The van der Waals surface area contributed by atoms with Gasteiger partial charge in [-0.1, -0.05) is 24.3 Å². The molecule has 0 aliphatic carbocycles. The summed E-state index contributed by atoms with van der Waals surface area (Å²) in [6.07, 6.45) is 0.961. The lowest BCUT2D eigenvalue weighted by Gasteiger charge is -2.09. The van der Waals surface area contributed by atoms with Crippen LogP contribution in [0.2, 0.25) is 0 Å². The van der Waals surface area contributed by atoms with Gasteiger partial charge < -0.3 is 10.1 Å². The van der Waals surface area contributed by atoms with Gasteiger partial charge in [0.1, 0.15) is 11.6 Å². The van der Waals surface area contributed by atoms with Crippen molar-refractivity contribution in [2.75, 3.05) is 13.7 Å². The van der Waals surface area contributed by atoms with Crippen LogP contribution >= 0.6 is 0 Å². The third-order valence-corrected chi connectivity index (χ3v) is 3.57. The predicted octanol–water partition coefficient (Wildman–Crippen LogP) is 3.78. The molecule has 0 atom stereocenters. The van der Waals surface area contributed by atoms with Gasteiger partial charge in [-0.25, -0.2) is 4.39 Å². The summed E-state index contributed by atoms with van der Waals surface area (Å²) in [6.45, 7) is 5.27. The van der Waals surface area contributed by atoms with E-state index in [4.69, 9.17) is 4.74 Å². The van der Waals surface area contributed by atoms with E-state index in [1.165, 1.54) is 5.56 Å². The molecule has 2 aromatic rings. The normalized spacial score (nSPS) is 10.7. The highest BCUT2D eigenvalue weighted by atomic mass is 19.1. The standard InChI is InChI=1S/C18H22FNO/c1-13-10-16(11-14(2)18(13)19)12-20-9-8-15-4-6-17(21-3)7-5-15/h4-7,10-11,20H,8-9,12H2,1-3H3. The third-order valence-electron chi connectivity index (χ3n) is 3.57. The molecule has 0 saturated heterocycles. The fourth-order valence-electron chi connectivity index (χ4n) is 2.40. The lowest BCUT2D eigenvalue weighted by Crippen LogP contribution is -2.17. The van der Waals surface area contributed by atoms with Crippen LogP contribution < -0.4 is 10.1 Å². The number of hydrogen-bond acceptors (Lipinski definition) is 2.